The van der Waals surface area contributed by atoms with E-state index in [-0.39, 0.29) is 12.2 Å². The van der Waals surface area contributed by atoms with E-state index in [2.05, 4.69) is 18.7 Å². The third kappa shape index (κ3) is 3.94. The van der Waals surface area contributed by atoms with Crippen molar-refractivity contribution in [2.75, 3.05) is 26.2 Å². The van der Waals surface area contributed by atoms with E-state index < -0.39 is 10.0 Å². The van der Waals surface area contributed by atoms with Gasteiger partial charge in [-0.2, -0.15) is 4.31 Å². The monoisotopic (exact) mass is 372 g/mol. The van der Waals surface area contributed by atoms with Crippen molar-refractivity contribution in [3.05, 3.63) is 29.3 Å². The number of piperidine rings is 1. The highest BCUT2D eigenvalue weighted by Gasteiger charge is 2.34. The Kier molecular flexibility index (Phi) is 5.52. The van der Waals surface area contributed by atoms with Crippen LogP contribution in [0.2, 0.25) is 5.02 Å². The first-order valence-electron chi connectivity index (χ1n) is 8.51. The van der Waals surface area contributed by atoms with Gasteiger partial charge in [0.05, 0.1) is 17.1 Å². The fraction of sp³-hybridized carbons (Fsp3) is 0.647. The maximum atomic E-state index is 12.7. The summed E-state index contributed by atoms with van der Waals surface area (Å²) in [6.07, 6.45) is 2.22. The predicted octanol–water partition coefficient (Wildman–Crippen LogP) is 2.60. The number of morpholine rings is 1. The zero-order valence-electron chi connectivity index (χ0n) is 14.2. The molecule has 134 valence electrons. The summed E-state index contributed by atoms with van der Waals surface area (Å²) in [4.78, 5) is 2.78. The molecule has 0 spiro atoms. The van der Waals surface area contributed by atoms with E-state index in [0.717, 1.165) is 25.9 Å². The molecule has 3 rings (SSSR count). The van der Waals surface area contributed by atoms with E-state index in [1.165, 1.54) is 0 Å². The molecular formula is C17H25ClN2O3S. The Morgan fingerprint density at radius 3 is 2.12 bits per heavy atom. The number of nitrogens with zero attached hydrogens (tertiary/aromatic N) is 2. The van der Waals surface area contributed by atoms with Crippen LogP contribution < -0.4 is 0 Å². The summed E-state index contributed by atoms with van der Waals surface area (Å²) in [7, 11) is -3.42. The van der Waals surface area contributed by atoms with Crippen molar-refractivity contribution in [1.29, 1.82) is 0 Å². The molecule has 2 atom stereocenters. The van der Waals surface area contributed by atoms with E-state index in [0.29, 0.717) is 29.0 Å². The van der Waals surface area contributed by atoms with Crippen LogP contribution in [0.5, 0.6) is 0 Å². The topological polar surface area (TPSA) is 49.9 Å². The molecule has 2 heterocycles. The van der Waals surface area contributed by atoms with Gasteiger partial charge in [0.15, 0.2) is 0 Å². The number of hydrogen-bond acceptors (Lipinski definition) is 4. The van der Waals surface area contributed by atoms with Crippen LogP contribution in [0.4, 0.5) is 0 Å². The molecule has 0 saturated carbocycles. The molecule has 0 unspecified atom stereocenters. The second-order valence-electron chi connectivity index (χ2n) is 6.80. The third-order valence-corrected chi connectivity index (χ3v) is 7.00. The third-order valence-electron chi connectivity index (χ3n) is 4.84. The average Bonchev–Trinajstić information content (AvgIpc) is 2.54. The van der Waals surface area contributed by atoms with Crippen LogP contribution in [0.25, 0.3) is 0 Å². The molecule has 2 fully saturated rings. The fourth-order valence-electron chi connectivity index (χ4n) is 3.72. The minimum Gasteiger partial charge on any atom is -0.373 e. The number of ether oxygens (including phenoxy) is 1. The van der Waals surface area contributed by atoms with Crippen LogP contribution in [-0.4, -0.2) is 62.1 Å². The molecule has 5 nitrogen and oxygen atoms in total. The maximum absolute atomic E-state index is 12.7. The van der Waals surface area contributed by atoms with Crippen LogP contribution in [0.3, 0.4) is 0 Å². The molecule has 1 aromatic carbocycles. The lowest BCUT2D eigenvalue weighted by molar-refractivity contribution is -0.0847. The Balaban J connectivity index is 1.63. The summed E-state index contributed by atoms with van der Waals surface area (Å²) in [5, 5.41) is 0.545. The molecule has 0 bridgehead atoms. The Morgan fingerprint density at radius 1 is 1.04 bits per heavy atom. The van der Waals surface area contributed by atoms with Crippen molar-refractivity contribution >= 4 is 21.6 Å². The molecule has 0 N–H and O–H groups in total. The number of halogens is 1. The molecule has 0 aromatic heterocycles. The quantitative estimate of drug-likeness (QED) is 0.818. The molecule has 0 amide bonds. The van der Waals surface area contributed by atoms with Gasteiger partial charge in [0.2, 0.25) is 10.0 Å². The highest BCUT2D eigenvalue weighted by Crippen LogP contribution is 2.26. The molecule has 7 heteroatoms. The van der Waals surface area contributed by atoms with Gasteiger partial charge in [-0.15, -0.1) is 0 Å². The van der Waals surface area contributed by atoms with Crippen molar-refractivity contribution in [2.45, 2.75) is 49.8 Å². The Labute approximate surface area is 149 Å². The highest BCUT2D eigenvalue weighted by atomic mass is 35.5. The zero-order valence-corrected chi connectivity index (χ0v) is 15.8. The highest BCUT2D eigenvalue weighted by molar-refractivity contribution is 7.89. The summed E-state index contributed by atoms with van der Waals surface area (Å²) in [6, 6.07) is 6.84. The average molecular weight is 373 g/mol. The van der Waals surface area contributed by atoms with Crippen molar-refractivity contribution < 1.29 is 13.2 Å². The molecule has 0 aliphatic carbocycles. The molecule has 2 saturated heterocycles. The number of hydrogen-bond donors (Lipinski definition) is 0. The first kappa shape index (κ1) is 18.1. The standard InChI is InChI=1S/C17H25ClN2O3S/c1-13-11-19(12-14(2)23-13)16-7-9-20(10-8-16)24(21,22)17-5-3-15(18)4-6-17/h3-6,13-14,16H,7-12H2,1-2H3/t13-,14-/m1/s1. The van der Waals surface area contributed by atoms with Crippen LogP contribution in [-0.2, 0) is 14.8 Å². The van der Waals surface area contributed by atoms with Gasteiger partial charge in [-0.05, 0) is 51.0 Å². The lowest BCUT2D eigenvalue weighted by Gasteiger charge is -2.43. The fourth-order valence-corrected chi connectivity index (χ4v) is 5.31. The summed E-state index contributed by atoms with van der Waals surface area (Å²) in [5.41, 5.74) is 0. The van der Waals surface area contributed by atoms with Crippen molar-refractivity contribution in [2.24, 2.45) is 0 Å². The summed E-state index contributed by atoms with van der Waals surface area (Å²) in [6.45, 7) is 7.19. The molecule has 2 aliphatic heterocycles. The normalized spacial score (nSPS) is 28.1. The Morgan fingerprint density at radius 2 is 1.58 bits per heavy atom. The largest absolute Gasteiger partial charge is 0.373 e. The van der Waals surface area contributed by atoms with Gasteiger partial charge in [-0.1, -0.05) is 11.6 Å². The van der Waals surface area contributed by atoms with Crippen molar-refractivity contribution in [3.8, 4) is 0 Å². The van der Waals surface area contributed by atoms with Crippen LogP contribution in [0.1, 0.15) is 26.7 Å². The smallest absolute Gasteiger partial charge is 0.243 e. The zero-order chi connectivity index (χ0) is 17.3. The van der Waals surface area contributed by atoms with Crippen LogP contribution in [0.15, 0.2) is 29.2 Å². The molecule has 0 radical (unpaired) electrons. The van der Waals surface area contributed by atoms with E-state index in [4.69, 9.17) is 16.3 Å². The van der Waals surface area contributed by atoms with Gasteiger partial charge in [0, 0.05) is 37.2 Å². The van der Waals surface area contributed by atoms with Gasteiger partial charge in [-0.25, -0.2) is 8.42 Å². The van der Waals surface area contributed by atoms with Gasteiger partial charge >= 0.3 is 0 Å². The summed E-state index contributed by atoms with van der Waals surface area (Å²) < 4.78 is 32.9. The Bertz CT molecular complexity index is 647. The predicted molar refractivity (Wildman–Crippen MR) is 94.8 cm³/mol. The van der Waals surface area contributed by atoms with Gasteiger partial charge in [0.1, 0.15) is 0 Å². The molecule has 24 heavy (non-hydrogen) atoms. The SMILES string of the molecule is C[C@@H]1CN(C2CCN(S(=O)(=O)c3ccc(Cl)cc3)CC2)C[C@@H](C)O1. The number of benzene rings is 1. The second kappa shape index (κ2) is 7.30. The number of sulfonamides is 1. The van der Waals surface area contributed by atoms with Crippen molar-refractivity contribution in [1.82, 2.24) is 9.21 Å². The minimum atomic E-state index is -3.42. The number of rotatable bonds is 3. The minimum absolute atomic E-state index is 0.240. The Hall–Kier alpha value is -0.660. The molecule has 2 aliphatic rings. The first-order valence-corrected chi connectivity index (χ1v) is 10.3. The van der Waals surface area contributed by atoms with E-state index in [1.54, 1.807) is 28.6 Å². The first-order chi connectivity index (χ1) is 11.4. The second-order valence-corrected chi connectivity index (χ2v) is 9.17. The van der Waals surface area contributed by atoms with Crippen LogP contribution in [0, 0.1) is 0 Å². The molecular weight excluding hydrogens is 348 g/mol. The lowest BCUT2D eigenvalue weighted by atomic mass is 10.0. The lowest BCUT2D eigenvalue weighted by Crippen LogP contribution is -2.53. The summed E-state index contributed by atoms with van der Waals surface area (Å²) >= 11 is 5.85. The van der Waals surface area contributed by atoms with Crippen LogP contribution >= 0.6 is 11.6 Å². The van der Waals surface area contributed by atoms with E-state index >= 15 is 0 Å². The van der Waals surface area contributed by atoms with Gasteiger partial charge in [-0.3, -0.25) is 4.90 Å². The summed E-state index contributed by atoms with van der Waals surface area (Å²) in [5.74, 6) is 0. The maximum Gasteiger partial charge on any atom is 0.243 e. The molecule has 1 aromatic rings. The van der Waals surface area contributed by atoms with Crippen molar-refractivity contribution in [3.63, 3.8) is 0 Å². The van der Waals surface area contributed by atoms with Gasteiger partial charge in [0.25, 0.3) is 0 Å². The van der Waals surface area contributed by atoms with E-state index in [9.17, 15) is 8.42 Å². The van der Waals surface area contributed by atoms with E-state index in [1.807, 2.05) is 0 Å². The van der Waals surface area contributed by atoms with Gasteiger partial charge < -0.3 is 4.74 Å².